The third-order valence-electron chi connectivity index (χ3n) is 6.97. The zero-order chi connectivity index (χ0) is 28.4. The second kappa shape index (κ2) is 11.3. The second-order valence-electron chi connectivity index (χ2n) is 11.1. The van der Waals surface area contributed by atoms with Gasteiger partial charge in [-0.25, -0.2) is 4.98 Å². The Hall–Kier alpha value is -3.53. The summed E-state index contributed by atoms with van der Waals surface area (Å²) in [4.78, 5) is 6.62. The van der Waals surface area contributed by atoms with Crippen molar-refractivity contribution in [3.63, 3.8) is 0 Å². The first-order chi connectivity index (χ1) is 18.3. The minimum Gasteiger partial charge on any atom is -0.383 e. The van der Waals surface area contributed by atoms with Gasteiger partial charge in [-0.2, -0.15) is 18.3 Å². The van der Waals surface area contributed by atoms with Gasteiger partial charge in [-0.1, -0.05) is 25.3 Å². The van der Waals surface area contributed by atoms with Gasteiger partial charge in [-0.3, -0.25) is 4.68 Å². The Bertz CT molecular complexity index is 1330. The van der Waals surface area contributed by atoms with Gasteiger partial charge in [0.05, 0.1) is 23.0 Å². The maximum Gasteiger partial charge on any atom is 0.417 e. The molecular weight excluding hydrogens is 503 g/mol. The molecule has 1 fully saturated rings. The topological polar surface area (TPSA) is 70.0 Å². The Labute approximate surface area is 228 Å². The van der Waals surface area contributed by atoms with Crippen molar-refractivity contribution in [2.75, 3.05) is 43.9 Å². The molecule has 2 aromatic heterocycles. The number of rotatable bonds is 9. The van der Waals surface area contributed by atoms with Gasteiger partial charge in [0.15, 0.2) is 0 Å². The van der Waals surface area contributed by atoms with Crippen molar-refractivity contribution < 1.29 is 13.2 Å². The molecule has 7 nitrogen and oxygen atoms in total. The minimum atomic E-state index is -4.59. The fourth-order valence-corrected chi connectivity index (χ4v) is 4.58. The summed E-state index contributed by atoms with van der Waals surface area (Å²) in [6.07, 6.45) is 1.03. The summed E-state index contributed by atoms with van der Waals surface area (Å²) in [7, 11) is 2.09. The lowest BCUT2D eigenvalue weighted by Gasteiger charge is -2.30. The molecule has 0 amide bonds. The molecule has 1 saturated heterocycles. The molecule has 1 aromatic carbocycles. The summed E-state index contributed by atoms with van der Waals surface area (Å²) in [5, 5.41) is 15.5. The third kappa shape index (κ3) is 6.92. The fraction of sp³-hybridized carbons (Fsp3) is 0.448. The number of hydrogen-bond donors (Lipinski definition) is 3. The van der Waals surface area contributed by atoms with Crippen LogP contribution < -0.4 is 16.0 Å². The van der Waals surface area contributed by atoms with E-state index in [1.807, 2.05) is 23.0 Å². The quantitative estimate of drug-likeness (QED) is 0.291. The van der Waals surface area contributed by atoms with Gasteiger partial charge < -0.3 is 20.9 Å². The van der Waals surface area contributed by atoms with Crippen LogP contribution in [0.5, 0.6) is 0 Å². The molecule has 39 heavy (non-hydrogen) atoms. The maximum absolute atomic E-state index is 13.7. The summed E-state index contributed by atoms with van der Waals surface area (Å²) < 4.78 is 43.1. The SMILES string of the molecule is C=C(NCCNc1cc2c(NC3CCN(C)CC3)cccc2c(C(=C)C(F)(F)F)n1)c1cnn(C(C)(C)C)c1. The minimum absolute atomic E-state index is 0.138. The molecule has 3 heterocycles. The van der Waals surface area contributed by atoms with Crippen LogP contribution in [0.15, 0.2) is 49.8 Å². The van der Waals surface area contributed by atoms with Gasteiger partial charge >= 0.3 is 6.18 Å². The Morgan fingerprint density at radius 1 is 1.08 bits per heavy atom. The average Bonchev–Trinajstić information content (AvgIpc) is 3.38. The van der Waals surface area contributed by atoms with Crippen molar-refractivity contribution in [3.05, 3.63) is 61.1 Å². The number of likely N-dealkylation sites (tertiary alicyclic amines) is 1. The molecule has 0 unspecified atom stereocenters. The van der Waals surface area contributed by atoms with E-state index in [0.29, 0.717) is 29.7 Å². The number of nitrogens with one attached hydrogen (secondary N) is 3. The van der Waals surface area contributed by atoms with E-state index < -0.39 is 11.7 Å². The number of piperidine rings is 1. The van der Waals surface area contributed by atoms with Crippen molar-refractivity contribution in [1.29, 1.82) is 0 Å². The maximum atomic E-state index is 13.7. The van der Waals surface area contributed by atoms with E-state index in [4.69, 9.17) is 0 Å². The summed E-state index contributed by atoms with van der Waals surface area (Å²) in [6.45, 7) is 16.5. The van der Waals surface area contributed by atoms with Gasteiger partial charge in [0.2, 0.25) is 0 Å². The Balaban J connectivity index is 1.52. The molecule has 0 atom stereocenters. The summed E-state index contributed by atoms with van der Waals surface area (Å²) >= 11 is 0. The molecule has 4 rings (SSSR count). The van der Waals surface area contributed by atoms with Crippen molar-refractivity contribution in [2.45, 2.75) is 51.4 Å². The van der Waals surface area contributed by atoms with Crippen LogP contribution in [-0.2, 0) is 5.54 Å². The Morgan fingerprint density at radius 2 is 1.79 bits per heavy atom. The van der Waals surface area contributed by atoms with Crippen LogP contribution >= 0.6 is 0 Å². The van der Waals surface area contributed by atoms with Crippen LogP contribution in [0.25, 0.3) is 22.0 Å². The van der Waals surface area contributed by atoms with E-state index in [1.54, 1.807) is 18.3 Å². The monoisotopic (exact) mass is 541 g/mol. The van der Waals surface area contributed by atoms with Gasteiger partial charge in [-0.05, 0) is 65.9 Å². The second-order valence-corrected chi connectivity index (χ2v) is 11.1. The molecule has 3 aromatic rings. The molecule has 3 N–H and O–H groups in total. The summed E-state index contributed by atoms with van der Waals surface area (Å²) in [5.41, 5.74) is 1.13. The van der Waals surface area contributed by atoms with Crippen LogP contribution in [0.3, 0.4) is 0 Å². The summed E-state index contributed by atoms with van der Waals surface area (Å²) in [5.74, 6) is 0.355. The largest absolute Gasteiger partial charge is 0.417 e. The number of halogens is 3. The third-order valence-corrected chi connectivity index (χ3v) is 6.97. The van der Waals surface area contributed by atoms with Crippen molar-refractivity contribution in [1.82, 2.24) is 25.0 Å². The van der Waals surface area contributed by atoms with Crippen molar-refractivity contribution >= 4 is 33.5 Å². The predicted molar refractivity (Wildman–Crippen MR) is 154 cm³/mol. The van der Waals surface area contributed by atoms with E-state index in [1.165, 1.54) is 0 Å². The number of pyridine rings is 1. The van der Waals surface area contributed by atoms with Crippen LogP contribution in [0.2, 0.25) is 0 Å². The van der Waals surface area contributed by atoms with E-state index >= 15 is 0 Å². The van der Waals surface area contributed by atoms with Gasteiger partial charge in [0, 0.05) is 53.0 Å². The number of anilines is 2. The van der Waals surface area contributed by atoms with Crippen LogP contribution in [0.1, 0.15) is 44.9 Å². The smallest absolute Gasteiger partial charge is 0.383 e. The lowest BCUT2D eigenvalue weighted by Crippen LogP contribution is -2.36. The zero-order valence-electron chi connectivity index (χ0n) is 23.1. The fourth-order valence-electron chi connectivity index (χ4n) is 4.58. The standard InChI is InChI=1S/C29H38F3N7/c1-19(29(30,31)32)27-23-8-7-9-25(36-22-10-14-38(6)15-11-22)24(23)16-26(37-27)34-13-12-33-20(2)21-17-35-39(18-21)28(3,4)5/h7-9,16-18,22,33,36H,1-2,10-15H2,3-6H3,(H,34,37). The molecule has 0 radical (unpaired) electrons. The van der Waals surface area contributed by atoms with Crippen LogP contribution in [0, 0.1) is 0 Å². The highest BCUT2D eigenvalue weighted by atomic mass is 19.4. The number of alkyl halides is 3. The van der Waals surface area contributed by atoms with Crippen molar-refractivity contribution in [2.24, 2.45) is 0 Å². The molecule has 10 heteroatoms. The molecule has 0 aliphatic carbocycles. The van der Waals surface area contributed by atoms with Gasteiger partial charge in [0.25, 0.3) is 0 Å². The molecule has 0 bridgehead atoms. The normalized spacial score (nSPS) is 15.4. The van der Waals surface area contributed by atoms with Gasteiger partial charge in [0.1, 0.15) is 5.82 Å². The molecule has 1 aliphatic rings. The number of benzene rings is 1. The lowest BCUT2D eigenvalue weighted by atomic mass is 10.0. The highest BCUT2D eigenvalue weighted by molar-refractivity contribution is 6.01. The summed E-state index contributed by atoms with van der Waals surface area (Å²) in [6, 6.07) is 7.40. The van der Waals surface area contributed by atoms with E-state index in [2.05, 4.69) is 71.9 Å². The first-order valence-corrected chi connectivity index (χ1v) is 13.2. The number of nitrogens with zero attached hydrogens (tertiary/aromatic N) is 4. The Morgan fingerprint density at radius 3 is 2.44 bits per heavy atom. The highest BCUT2D eigenvalue weighted by Crippen LogP contribution is 2.38. The van der Waals surface area contributed by atoms with Crippen LogP contribution in [-0.4, -0.2) is 65.1 Å². The number of fused-ring (bicyclic) bond motifs is 1. The molecule has 0 saturated carbocycles. The first kappa shape index (κ1) is 28.5. The van der Waals surface area contributed by atoms with Crippen LogP contribution in [0.4, 0.5) is 24.7 Å². The molecule has 1 aliphatic heterocycles. The number of allylic oxidation sites excluding steroid dienone is 1. The zero-order valence-corrected chi connectivity index (χ0v) is 23.1. The molecule has 0 spiro atoms. The molecular formula is C29H38F3N7. The number of hydrogen-bond acceptors (Lipinski definition) is 6. The number of aromatic nitrogens is 3. The van der Waals surface area contributed by atoms with E-state index in [9.17, 15) is 13.2 Å². The van der Waals surface area contributed by atoms with E-state index in [-0.39, 0.29) is 17.3 Å². The van der Waals surface area contributed by atoms with E-state index in [0.717, 1.165) is 42.9 Å². The molecule has 210 valence electrons. The van der Waals surface area contributed by atoms with Crippen molar-refractivity contribution in [3.8, 4) is 0 Å². The lowest BCUT2D eigenvalue weighted by molar-refractivity contribution is -0.0688. The highest BCUT2D eigenvalue weighted by Gasteiger charge is 2.35. The Kier molecular flexibility index (Phi) is 8.25. The first-order valence-electron chi connectivity index (χ1n) is 13.2. The van der Waals surface area contributed by atoms with Gasteiger partial charge in [-0.15, -0.1) is 0 Å². The predicted octanol–water partition coefficient (Wildman–Crippen LogP) is 5.94. The average molecular weight is 542 g/mol.